The molecular formula is C49H57F2N11O4. The number of aryl methyl sites for hydroxylation is 2. The molecule has 0 bridgehead atoms. The Bertz CT molecular complexity index is 2750. The molecule has 3 amide bonds. The number of benzene rings is 1. The first-order valence-corrected chi connectivity index (χ1v) is 23.0. The third kappa shape index (κ3) is 9.05. The van der Waals surface area contributed by atoms with Crippen LogP contribution in [0.15, 0.2) is 71.9 Å². The lowest BCUT2D eigenvalue weighted by Crippen LogP contribution is -2.49. The number of imide groups is 1. The molecular weight excluding hydrogens is 845 g/mol. The van der Waals surface area contributed by atoms with Crippen molar-refractivity contribution in [1.29, 1.82) is 0 Å². The molecule has 0 aliphatic carbocycles. The van der Waals surface area contributed by atoms with Crippen molar-refractivity contribution in [1.82, 2.24) is 39.1 Å². The topological polar surface area (TPSA) is 153 Å². The number of carbonyl (C=O) groups is 3. The Morgan fingerprint density at radius 3 is 2.38 bits per heavy atom. The molecule has 3 fully saturated rings. The molecule has 4 aromatic heterocycles. The number of hydrogen-bond acceptors (Lipinski definition) is 11. The van der Waals surface area contributed by atoms with Gasteiger partial charge in [0.2, 0.25) is 11.8 Å². The Labute approximate surface area is 382 Å². The Balaban J connectivity index is 0.764. The van der Waals surface area contributed by atoms with E-state index in [9.17, 15) is 19.2 Å². The molecule has 0 radical (unpaired) electrons. The fourth-order valence-corrected chi connectivity index (χ4v) is 10.2. The van der Waals surface area contributed by atoms with Crippen LogP contribution in [0.2, 0.25) is 0 Å². The summed E-state index contributed by atoms with van der Waals surface area (Å²) in [6.07, 6.45) is 10.1. The van der Waals surface area contributed by atoms with E-state index >= 15 is 8.78 Å². The molecule has 66 heavy (non-hydrogen) atoms. The zero-order chi connectivity index (χ0) is 46.2. The molecule has 346 valence electrons. The van der Waals surface area contributed by atoms with Crippen molar-refractivity contribution in [2.45, 2.75) is 58.0 Å². The summed E-state index contributed by atoms with van der Waals surface area (Å²) in [4.78, 5) is 67.9. The SMILES string of the molecule is CNc1ccn(-c2ccnc3c2cc([C@H](C)N2CC=C(c4c(C)cc(C(=O)N5CCC(CN6CCN(c7ncc(NC8CCC(=O)NC8=O)cc7F)CC6)CC5)cc4F)CC2)n3C)c(=O)c1. The number of piperidine rings is 2. The molecule has 0 spiro atoms. The molecule has 4 aliphatic rings. The van der Waals surface area contributed by atoms with E-state index in [-0.39, 0.29) is 41.5 Å². The van der Waals surface area contributed by atoms with Crippen molar-refractivity contribution in [2.75, 3.05) is 81.5 Å². The number of nitrogens with zero attached hydrogens (tertiary/aromatic N) is 8. The van der Waals surface area contributed by atoms with Crippen molar-refractivity contribution in [3.63, 3.8) is 0 Å². The minimum absolute atomic E-state index is 0.0243. The Hall–Kier alpha value is -6.46. The number of aromatic nitrogens is 4. The fourth-order valence-electron chi connectivity index (χ4n) is 10.2. The highest BCUT2D eigenvalue weighted by molar-refractivity contribution is 6.01. The van der Waals surface area contributed by atoms with E-state index in [2.05, 4.69) is 59.4 Å². The summed E-state index contributed by atoms with van der Waals surface area (Å²) in [6, 6.07) is 11.4. The number of fused-ring (bicyclic) bond motifs is 1. The summed E-state index contributed by atoms with van der Waals surface area (Å²) < 4.78 is 35.0. The maximum atomic E-state index is 16.0. The molecule has 8 heterocycles. The third-order valence-electron chi connectivity index (χ3n) is 14.0. The highest BCUT2D eigenvalue weighted by Gasteiger charge is 2.31. The maximum Gasteiger partial charge on any atom is 0.257 e. The first kappa shape index (κ1) is 44.7. The largest absolute Gasteiger partial charge is 0.388 e. The average Bonchev–Trinajstić information content (AvgIpc) is 3.66. The van der Waals surface area contributed by atoms with Crippen LogP contribution in [0.25, 0.3) is 22.3 Å². The summed E-state index contributed by atoms with van der Waals surface area (Å²) in [5.74, 6) is -1.02. The number of piperazine rings is 1. The highest BCUT2D eigenvalue weighted by atomic mass is 19.1. The minimum atomic E-state index is -0.612. The number of likely N-dealkylation sites (tertiary alicyclic amines) is 1. The quantitative estimate of drug-likeness (QED) is 0.144. The maximum absolute atomic E-state index is 16.0. The predicted octanol–water partition coefficient (Wildman–Crippen LogP) is 5.49. The van der Waals surface area contributed by atoms with Crippen molar-refractivity contribution in [3.05, 3.63) is 112 Å². The van der Waals surface area contributed by atoms with Gasteiger partial charge in [-0.25, -0.2) is 18.7 Å². The Morgan fingerprint density at radius 1 is 0.909 bits per heavy atom. The van der Waals surface area contributed by atoms with Gasteiger partial charge >= 0.3 is 0 Å². The summed E-state index contributed by atoms with van der Waals surface area (Å²) in [6.45, 7) is 10.3. The van der Waals surface area contributed by atoms with Gasteiger partial charge in [-0.1, -0.05) is 6.08 Å². The van der Waals surface area contributed by atoms with Gasteiger partial charge < -0.3 is 25.0 Å². The van der Waals surface area contributed by atoms with Gasteiger partial charge in [0.1, 0.15) is 17.5 Å². The molecule has 15 nitrogen and oxygen atoms in total. The van der Waals surface area contributed by atoms with E-state index in [0.717, 1.165) is 78.3 Å². The van der Waals surface area contributed by atoms with Crippen LogP contribution in [0.4, 0.5) is 26.0 Å². The van der Waals surface area contributed by atoms with Gasteiger partial charge in [0.25, 0.3) is 11.5 Å². The summed E-state index contributed by atoms with van der Waals surface area (Å²) in [5.41, 5.74) is 6.27. The second-order valence-electron chi connectivity index (χ2n) is 18.1. The second kappa shape index (κ2) is 18.8. The number of rotatable bonds is 11. The van der Waals surface area contributed by atoms with E-state index in [0.29, 0.717) is 68.3 Å². The molecule has 0 saturated carbocycles. The number of hydrogen-bond donors (Lipinski definition) is 3. The van der Waals surface area contributed by atoms with Gasteiger partial charge in [-0.3, -0.25) is 38.9 Å². The van der Waals surface area contributed by atoms with E-state index in [1.807, 2.05) is 42.0 Å². The number of pyridine rings is 3. The molecule has 4 aliphatic heterocycles. The first-order chi connectivity index (χ1) is 31.8. The monoisotopic (exact) mass is 901 g/mol. The van der Waals surface area contributed by atoms with E-state index in [1.54, 1.807) is 30.1 Å². The molecule has 3 N–H and O–H groups in total. The molecule has 1 unspecified atom stereocenters. The summed E-state index contributed by atoms with van der Waals surface area (Å²) >= 11 is 0. The minimum Gasteiger partial charge on any atom is -0.388 e. The van der Waals surface area contributed by atoms with Crippen LogP contribution >= 0.6 is 0 Å². The smallest absolute Gasteiger partial charge is 0.257 e. The van der Waals surface area contributed by atoms with Crippen molar-refractivity contribution in [2.24, 2.45) is 13.0 Å². The zero-order valence-corrected chi connectivity index (χ0v) is 37.9. The summed E-state index contributed by atoms with van der Waals surface area (Å²) in [5, 5.41) is 9.19. The van der Waals surface area contributed by atoms with Crippen LogP contribution in [0.5, 0.6) is 0 Å². The molecule has 5 aromatic rings. The van der Waals surface area contributed by atoms with Crippen LogP contribution < -0.4 is 26.4 Å². The Morgan fingerprint density at radius 2 is 1.70 bits per heavy atom. The first-order valence-electron chi connectivity index (χ1n) is 23.0. The molecule has 1 aromatic carbocycles. The summed E-state index contributed by atoms with van der Waals surface area (Å²) in [7, 11) is 3.78. The van der Waals surface area contributed by atoms with Gasteiger partial charge in [-0.15, -0.1) is 0 Å². The predicted molar refractivity (Wildman–Crippen MR) is 251 cm³/mol. The normalized spacial score (nSPS) is 19.5. The van der Waals surface area contributed by atoms with Gasteiger partial charge in [0.15, 0.2) is 11.6 Å². The van der Waals surface area contributed by atoms with Gasteiger partial charge in [-0.2, -0.15) is 0 Å². The number of amides is 3. The molecule has 3 saturated heterocycles. The second-order valence-corrected chi connectivity index (χ2v) is 18.1. The van der Waals surface area contributed by atoms with Gasteiger partial charge in [0.05, 0.1) is 17.6 Å². The number of nitrogens with one attached hydrogen (secondary N) is 3. The third-order valence-corrected chi connectivity index (χ3v) is 14.0. The van der Waals surface area contributed by atoms with E-state index < -0.39 is 17.8 Å². The van der Waals surface area contributed by atoms with E-state index in [1.165, 1.54) is 18.3 Å². The number of halogens is 2. The van der Waals surface area contributed by atoms with Crippen LogP contribution in [0.3, 0.4) is 0 Å². The lowest BCUT2D eigenvalue weighted by atomic mass is 9.92. The standard InChI is InChI=1S/C49H57F2N11O4/c1-30-23-34(49(66)61-14-8-32(9-15-61)29-58-19-21-60(22-20-58)47-39(51)25-36(28-54-47)55-40-5-6-43(63)56-48(40)65)24-38(50)45(30)33-10-16-59(17-11-33)31(2)42-27-37-41(7-13-53-46(37)57(42)4)62-18-12-35(52-3)26-44(62)64/h7,10,12-13,18,23-28,31-32,40,52,55H,5-6,8-9,11,14-17,19-22,29H2,1-4H3,(H,56,63,65)/t31-,40?/m0/s1. The van der Waals surface area contributed by atoms with Crippen LogP contribution in [0.1, 0.15) is 72.2 Å². The molecule has 2 atom stereocenters. The van der Waals surface area contributed by atoms with E-state index in [4.69, 9.17) is 0 Å². The molecule has 9 rings (SSSR count). The Kier molecular flexibility index (Phi) is 12.7. The van der Waals surface area contributed by atoms with Gasteiger partial charge in [-0.05, 0) is 86.9 Å². The van der Waals surface area contributed by atoms with Crippen molar-refractivity contribution in [3.8, 4) is 5.69 Å². The average molecular weight is 902 g/mol. The lowest BCUT2D eigenvalue weighted by molar-refractivity contribution is -0.133. The van der Waals surface area contributed by atoms with Crippen LogP contribution in [-0.2, 0) is 16.6 Å². The van der Waals surface area contributed by atoms with Crippen molar-refractivity contribution >= 4 is 51.5 Å². The van der Waals surface area contributed by atoms with Crippen molar-refractivity contribution < 1.29 is 23.2 Å². The molecule has 17 heteroatoms. The lowest BCUT2D eigenvalue weighted by Gasteiger charge is -2.39. The number of carbonyl (C=O) groups excluding carboxylic acids is 3. The fraction of sp³-hybridized carbons (Fsp3) is 0.429. The van der Waals surface area contributed by atoms with Crippen LogP contribution in [-0.4, -0.2) is 124 Å². The van der Waals surface area contributed by atoms with Crippen LogP contribution in [0, 0.1) is 24.5 Å². The number of anilines is 3. The zero-order valence-electron chi connectivity index (χ0n) is 37.9. The highest BCUT2D eigenvalue weighted by Crippen LogP contribution is 2.35. The van der Waals surface area contributed by atoms with Gasteiger partial charge in [0, 0.05) is 138 Å².